The van der Waals surface area contributed by atoms with Crippen molar-refractivity contribution in [2.75, 3.05) is 30.0 Å². The molecule has 2 atom stereocenters. The summed E-state index contributed by atoms with van der Waals surface area (Å²) in [7, 11) is -3.20. The highest BCUT2D eigenvalue weighted by Gasteiger charge is 2.37. The van der Waals surface area contributed by atoms with Crippen LogP contribution in [0.4, 0.5) is 17.5 Å². The first-order valence-electron chi connectivity index (χ1n) is 9.89. The van der Waals surface area contributed by atoms with E-state index in [-0.39, 0.29) is 17.8 Å². The van der Waals surface area contributed by atoms with E-state index in [4.69, 9.17) is 5.11 Å². The summed E-state index contributed by atoms with van der Waals surface area (Å²) in [6.07, 6.45) is 6.92. The molecule has 1 saturated carbocycles. The van der Waals surface area contributed by atoms with Crippen LogP contribution in [0.3, 0.4) is 0 Å². The number of hydrogen-bond acceptors (Lipinski definition) is 9. The molecule has 166 valence electrons. The predicted molar refractivity (Wildman–Crippen MR) is 113 cm³/mol. The maximum Gasteiger partial charge on any atom is 0.346 e. The number of carboxylic acid groups (broad SMARTS) is 1. The van der Waals surface area contributed by atoms with E-state index in [0.29, 0.717) is 44.1 Å². The average Bonchev–Trinajstić information content (AvgIpc) is 2.99. The molecule has 2 aliphatic rings. The van der Waals surface area contributed by atoms with Crippen molar-refractivity contribution in [1.29, 1.82) is 0 Å². The van der Waals surface area contributed by atoms with Crippen LogP contribution >= 0.6 is 0 Å². The summed E-state index contributed by atoms with van der Waals surface area (Å²) in [5.74, 6) is -0.512. The van der Waals surface area contributed by atoms with Crippen LogP contribution in [0.5, 0.6) is 0 Å². The SMILES string of the molecule is C[C@@]1(O)CCCC1Nc1nc(NC2CCN(S(C)(=O)=O)CC2)ncc1/N=C/C(=O)O. The number of carbonyl (C=O) groups is 1. The van der Waals surface area contributed by atoms with Gasteiger partial charge in [-0.15, -0.1) is 0 Å². The smallest absolute Gasteiger partial charge is 0.346 e. The lowest BCUT2D eigenvalue weighted by Gasteiger charge is -2.31. The van der Waals surface area contributed by atoms with Gasteiger partial charge in [-0.3, -0.25) is 0 Å². The van der Waals surface area contributed by atoms with E-state index in [2.05, 4.69) is 25.6 Å². The van der Waals surface area contributed by atoms with E-state index in [1.165, 1.54) is 16.8 Å². The first-order chi connectivity index (χ1) is 14.0. The highest BCUT2D eigenvalue weighted by molar-refractivity contribution is 7.88. The maximum atomic E-state index is 11.7. The van der Waals surface area contributed by atoms with Gasteiger partial charge < -0.3 is 20.8 Å². The summed E-state index contributed by atoms with van der Waals surface area (Å²) in [4.78, 5) is 23.5. The minimum atomic E-state index is -3.20. The van der Waals surface area contributed by atoms with Crippen LogP contribution in [0, 0.1) is 0 Å². The molecule has 11 nitrogen and oxygen atoms in total. The Morgan fingerprint density at radius 3 is 2.60 bits per heavy atom. The fourth-order valence-corrected chi connectivity index (χ4v) is 4.70. The predicted octanol–water partition coefficient (Wildman–Crippen LogP) is 0.815. The lowest BCUT2D eigenvalue weighted by molar-refractivity contribution is -0.128. The largest absolute Gasteiger partial charge is 0.477 e. The van der Waals surface area contributed by atoms with Crippen molar-refractivity contribution >= 4 is 39.7 Å². The van der Waals surface area contributed by atoms with Gasteiger partial charge in [-0.2, -0.15) is 4.98 Å². The van der Waals surface area contributed by atoms with E-state index in [0.717, 1.165) is 19.1 Å². The highest BCUT2D eigenvalue weighted by Crippen LogP contribution is 2.34. The third-order valence-corrected chi connectivity index (χ3v) is 6.88. The van der Waals surface area contributed by atoms with Crippen molar-refractivity contribution < 1.29 is 23.4 Å². The second-order valence-corrected chi connectivity index (χ2v) is 10.0. The minimum absolute atomic E-state index is 0.0128. The summed E-state index contributed by atoms with van der Waals surface area (Å²) in [5, 5.41) is 25.8. The van der Waals surface area contributed by atoms with Crippen molar-refractivity contribution in [1.82, 2.24) is 14.3 Å². The van der Waals surface area contributed by atoms with Gasteiger partial charge in [0.1, 0.15) is 11.9 Å². The maximum absolute atomic E-state index is 11.7. The van der Waals surface area contributed by atoms with Gasteiger partial charge in [0.25, 0.3) is 0 Å². The molecule has 2 heterocycles. The molecular formula is C18H28N6O5S. The molecule has 1 aliphatic heterocycles. The van der Waals surface area contributed by atoms with E-state index in [1.54, 1.807) is 6.92 Å². The third kappa shape index (κ3) is 5.64. The van der Waals surface area contributed by atoms with E-state index in [1.807, 2.05) is 0 Å². The minimum Gasteiger partial charge on any atom is -0.477 e. The van der Waals surface area contributed by atoms with Gasteiger partial charge in [-0.05, 0) is 39.0 Å². The van der Waals surface area contributed by atoms with Gasteiger partial charge in [-0.25, -0.2) is 27.5 Å². The molecule has 3 rings (SSSR count). The summed E-state index contributed by atoms with van der Waals surface area (Å²) in [6.45, 7) is 2.61. The molecule has 4 N–H and O–H groups in total. The number of carboxylic acids is 1. The number of aliphatic hydroxyl groups is 1. The fraction of sp³-hybridized carbons (Fsp3) is 0.667. The van der Waals surface area contributed by atoms with Gasteiger partial charge in [0.2, 0.25) is 16.0 Å². The summed E-state index contributed by atoms with van der Waals surface area (Å²) in [6, 6.07) is -0.226. The number of nitrogens with one attached hydrogen (secondary N) is 2. The second kappa shape index (κ2) is 8.82. The van der Waals surface area contributed by atoms with Crippen molar-refractivity contribution in [2.24, 2.45) is 4.99 Å². The van der Waals surface area contributed by atoms with Crippen LogP contribution in [-0.4, -0.2) is 82.1 Å². The summed E-state index contributed by atoms with van der Waals surface area (Å²) < 4.78 is 24.8. The Morgan fingerprint density at radius 2 is 2.03 bits per heavy atom. The molecule has 0 radical (unpaired) electrons. The first-order valence-corrected chi connectivity index (χ1v) is 11.7. The summed E-state index contributed by atoms with van der Waals surface area (Å²) >= 11 is 0. The monoisotopic (exact) mass is 440 g/mol. The molecule has 0 aromatic carbocycles. The van der Waals surface area contributed by atoms with Crippen LogP contribution in [0.2, 0.25) is 0 Å². The van der Waals surface area contributed by atoms with Crippen LogP contribution in [-0.2, 0) is 14.8 Å². The molecule has 1 aromatic heterocycles. The molecule has 1 unspecified atom stereocenters. The number of sulfonamides is 1. The first kappa shape index (κ1) is 22.4. The van der Waals surface area contributed by atoms with Crippen LogP contribution in [0.15, 0.2) is 11.2 Å². The third-order valence-electron chi connectivity index (χ3n) is 5.58. The number of rotatable bonds is 7. The van der Waals surface area contributed by atoms with Crippen molar-refractivity contribution in [2.45, 2.75) is 56.7 Å². The van der Waals surface area contributed by atoms with Crippen molar-refractivity contribution in [3.05, 3.63) is 6.20 Å². The van der Waals surface area contributed by atoms with Crippen LogP contribution < -0.4 is 10.6 Å². The molecule has 0 bridgehead atoms. The zero-order valence-electron chi connectivity index (χ0n) is 17.1. The van der Waals surface area contributed by atoms with Gasteiger partial charge >= 0.3 is 5.97 Å². The zero-order chi connectivity index (χ0) is 21.9. The Balaban J connectivity index is 1.75. The van der Waals surface area contributed by atoms with E-state index in [9.17, 15) is 18.3 Å². The lowest BCUT2D eigenvalue weighted by Crippen LogP contribution is -2.42. The Morgan fingerprint density at radius 1 is 1.33 bits per heavy atom. The Labute approximate surface area is 175 Å². The number of piperidine rings is 1. The topological polar surface area (TPSA) is 157 Å². The quantitative estimate of drug-likeness (QED) is 0.450. The molecular weight excluding hydrogens is 412 g/mol. The second-order valence-electron chi connectivity index (χ2n) is 8.05. The highest BCUT2D eigenvalue weighted by atomic mass is 32.2. The number of aromatic nitrogens is 2. The Bertz CT molecular complexity index is 912. The van der Waals surface area contributed by atoms with Gasteiger partial charge in [0.05, 0.1) is 24.1 Å². The molecule has 12 heteroatoms. The Kier molecular flexibility index (Phi) is 6.58. The van der Waals surface area contributed by atoms with E-state index >= 15 is 0 Å². The molecule has 2 fully saturated rings. The average molecular weight is 441 g/mol. The molecule has 0 spiro atoms. The normalized spacial score (nSPS) is 26.2. The fourth-order valence-electron chi connectivity index (χ4n) is 3.83. The molecule has 30 heavy (non-hydrogen) atoms. The lowest BCUT2D eigenvalue weighted by atomic mass is 10.0. The van der Waals surface area contributed by atoms with E-state index < -0.39 is 21.6 Å². The number of anilines is 2. The Hall–Kier alpha value is -2.31. The molecule has 1 aliphatic carbocycles. The molecule has 1 saturated heterocycles. The number of hydrogen-bond donors (Lipinski definition) is 4. The number of nitrogens with zero attached hydrogens (tertiary/aromatic N) is 4. The van der Waals surface area contributed by atoms with Gasteiger partial charge in [-0.1, -0.05) is 0 Å². The number of aliphatic imine (C=N–C) groups is 1. The van der Waals surface area contributed by atoms with Crippen LogP contribution in [0.1, 0.15) is 39.0 Å². The zero-order valence-corrected chi connectivity index (χ0v) is 17.9. The van der Waals surface area contributed by atoms with Gasteiger partial charge in [0.15, 0.2) is 5.82 Å². The van der Waals surface area contributed by atoms with Crippen molar-refractivity contribution in [3.8, 4) is 0 Å². The molecule has 0 amide bonds. The van der Waals surface area contributed by atoms with Crippen LogP contribution in [0.25, 0.3) is 0 Å². The van der Waals surface area contributed by atoms with Gasteiger partial charge in [0, 0.05) is 19.1 Å². The summed E-state index contributed by atoms with van der Waals surface area (Å²) in [5.41, 5.74) is -0.636. The number of aliphatic carboxylic acids is 1. The van der Waals surface area contributed by atoms with Crippen molar-refractivity contribution in [3.63, 3.8) is 0 Å². The standard InChI is InChI=1S/C18H28N6O5S/c1-18(27)7-3-4-14(18)22-16-13(19-11-15(25)26)10-20-17(23-16)21-12-5-8-24(9-6-12)30(2,28)29/h10-12,14,27H,3-9H2,1-2H3,(H,25,26)(H2,20,21,22,23)/b19-11+/t14?,18-/m1/s1. The molecule has 1 aromatic rings.